The number of ether oxygens (including phenoxy) is 1. The van der Waals surface area contributed by atoms with E-state index >= 15 is 33.6 Å². The van der Waals surface area contributed by atoms with Crippen LogP contribution < -0.4 is 21.3 Å². The molecule has 2 aliphatic heterocycles. The minimum Gasteiger partial charge on any atom is -0.390 e. The van der Waals surface area contributed by atoms with Crippen molar-refractivity contribution in [2.24, 2.45) is 35.5 Å². The number of carbonyl (C=O) groups is 11. The van der Waals surface area contributed by atoms with Crippen LogP contribution in [0.25, 0.3) is 0 Å². The maximum atomic E-state index is 15.4. The Hall–Kier alpha value is -6.25. The highest BCUT2D eigenvalue weighted by Gasteiger charge is 2.47. The zero-order chi connectivity index (χ0) is 75.1. The number of likely N-dealkylation sites (N-methyl/N-ethyl adjacent to an activating group) is 7. The molecule has 26 nitrogen and oxygen atoms in total. The monoisotopic (exact) mass is 1390 g/mol. The van der Waals surface area contributed by atoms with Crippen molar-refractivity contribution in [1.82, 2.24) is 60.5 Å². The van der Waals surface area contributed by atoms with Gasteiger partial charge < -0.3 is 75.4 Å². The minimum absolute atomic E-state index is 0.0515. The van der Waals surface area contributed by atoms with E-state index in [4.69, 9.17) is 4.74 Å². The summed E-state index contributed by atoms with van der Waals surface area (Å²) < 4.78 is 6.25. The predicted octanol–water partition coefficient (Wildman–Crippen LogP) is 4.04. The highest BCUT2D eigenvalue weighted by molar-refractivity contribution is 6.00. The van der Waals surface area contributed by atoms with E-state index in [9.17, 15) is 29.4 Å². The summed E-state index contributed by atoms with van der Waals surface area (Å²) >= 11 is 0. The average Bonchev–Trinajstić information content (AvgIpc) is 0.804. The van der Waals surface area contributed by atoms with Crippen LogP contribution in [0.15, 0.2) is 12.2 Å². The van der Waals surface area contributed by atoms with E-state index in [-0.39, 0.29) is 69.5 Å². The number of allylic oxidation sites excluding steroid dienone is 2. The van der Waals surface area contributed by atoms with Crippen molar-refractivity contribution in [1.29, 1.82) is 0 Å². The fourth-order valence-corrected chi connectivity index (χ4v) is 12.8. The van der Waals surface area contributed by atoms with E-state index < -0.39 is 161 Å². The summed E-state index contributed by atoms with van der Waals surface area (Å²) in [5.74, 6) is -10.2. The summed E-state index contributed by atoms with van der Waals surface area (Å²) in [6.07, 6.45) is 6.66. The lowest BCUT2D eigenvalue weighted by molar-refractivity contribution is -0.157. The first kappa shape index (κ1) is 87.8. The number of nitrogens with one attached hydrogen (secondary N) is 4. The SMILES string of the molecule is C/C=C/C[C@@H](C)[C@@H](O)[C@H]1C(=O)N[C@@H](CC)C(=O)N(C)[C@H](COCCCN2CCCCC2)C(=O)N(C)[C@@H](CC(C)(C)O)C(=O)N[C@H](C(C)C)C(=O)N(C)[C@H](CCC(C)C)C(=O)N[C@H](C)C(=O)N[C@@H](C)C(=O)N(C)[C@@H](CC(C)C)C(=O)N(C)[C@@H](CC(C)C)C(=O)N(C)[C@H](C(C)C)C(=O)N1C. The van der Waals surface area contributed by atoms with Crippen LogP contribution in [-0.4, -0.2) is 275 Å². The van der Waals surface area contributed by atoms with E-state index in [0.29, 0.717) is 12.8 Å². The lowest BCUT2D eigenvalue weighted by Gasteiger charge is -2.41. The van der Waals surface area contributed by atoms with Gasteiger partial charge in [0.1, 0.15) is 66.5 Å². The highest BCUT2D eigenvalue weighted by Crippen LogP contribution is 2.27. The number of aliphatic hydroxyl groups excluding tert-OH is 1. The van der Waals surface area contributed by atoms with Gasteiger partial charge in [0.15, 0.2) is 0 Å². The Morgan fingerprint density at radius 3 is 1.51 bits per heavy atom. The molecule has 0 saturated carbocycles. The second-order valence-electron chi connectivity index (χ2n) is 30.4. The molecule has 2 heterocycles. The van der Waals surface area contributed by atoms with Crippen LogP contribution in [0.3, 0.4) is 0 Å². The number of rotatable bonds is 22. The maximum Gasteiger partial charge on any atom is 0.248 e. The third kappa shape index (κ3) is 25.7. The molecule has 0 radical (unpaired) electrons. The molecule has 2 aliphatic rings. The van der Waals surface area contributed by atoms with Gasteiger partial charge in [0.2, 0.25) is 65.0 Å². The van der Waals surface area contributed by atoms with Gasteiger partial charge in [-0.05, 0) is 141 Å². The van der Waals surface area contributed by atoms with Gasteiger partial charge in [0.05, 0.1) is 18.3 Å². The van der Waals surface area contributed by atoms with E-state index in [1.54, 1.807) is 60.6 Å². The molecular formula is C72H130N12O14. The average molecular weight is 1390 g/mol. The molecule has 2 fully saturated rings. The van der Waals surface area contributed by atoms with Crippen LogP contribution in [0.2, 0.25) is 0 Å². The summed E-state index contributed by atoms with van der Waals surface area (Å²) in [6, 6.07) is -14.7. The summed E-state index contributed by atoms with van der Waals surface area (Å²) in [7, 11) is 9.81. The van der Waals surface area contributed by atoms with Gasteiger partial charge in [-0.3, -0.25) is 52.7 Å². The van der Waals surface area contributed by atoms with Crippen LogP contribution in [0.5, 0.6) is 0 Å². The van der Waals surface area contributed by atoms with E-state index in [1.807, 2.05) is 41.5 Å². The van der Waals surface area contributed by atoms with E-state index in [2.05, 4.69) is 26.2 Å². The summed E-state index contributed by atoms with van der Waals surface area (Å²) in [6.45, 7) is 31.6. The van der Waals surface area contributed by atoms with E-state index in [1.165, 1.54) is 96.6 Å². The Kier molecular flexibility index (Phi) is 36.6. The lowest BCUT2D eigenvalue weighted by atomic mass is 9.91. The fraction of sp³-hybridized carbons (Fsp3) is 0.819. The van der Waals surface area contributed by atoms with Crippen LogP contribution in [0.4, 0.5) is 0 Å². The van der Waals surface area contributed by atoms with Crippen molar-refractivity contribution < 1.29 is 67.7 Å². The van der Waals surface area contributed by atoms with Crippen molar-refractivity contribution in [3.63, 3.8) is 0 Å². The summed E-state index contributed by atoms with van der Waals surface area (Å²) in [5, 5.41) is 34.9. The molecule has 11 amide bonds. The van der Waals surface area contributed by atoms with Gasteiger partial charge in [0, 0.05) is 68.9 Å². The van der Waals surface area contributed by atoms with Crippen molar-refractivity contribution >= 4 is 65.0 Å². The van der Waals surface area contributed by atoms with Crippen LogP contribution in [0, 0.1) is 35.5 Å². The Morgan fingerprint density at radius 2 is 1.01 bits per heavy atom. The Labute approximate surface area is 587 Å². The predicted molar refractivity (Wildman–Crippen MR) is 379 cm³/mol. The van der Waals surface area contributed by atoms with Gasteiger partial charge in [0.25, 0.3) is 0 Å². The zero-order valence-electron chi connectivity index (χ0n) is 64.2. The number of likely N-dealkylation sites (tertiary alicyclic amines) is 1. The standard InChI is InChI=1S/C72H130N12O14/c1-25-27-32-48(13)60(85)59-64(89)75-51(26-2)66(91)81(22)56(42-98-38-31-37-84-35-29-28-30-36-84)69(94)80(21)55(41-72(16,17)97)63(88)76-57(46(9)10)70(95)77(18)52(34-33-43(3)4)62(87)73-49(14)61(86)74-50(15)65(90)78(19)53(39-44(5)6)67(92)79(20)54(40-45(7)8)68(93)82(23)58(47(11)12)71(96)83(59)24/h25,27,43-60,85,97H,26,28-42H2,1-24H3,(H,73,87)(H,74,86)(H,75,89)(H,76,88)/b27-25+/t48-,49-,50+,51+,52-,53+,54+,55+,56-,57-,58-,59+,60-/m1/s1. The first-order valence-corrected chi connectivity index (χ1v) is 35.9. The molecule has 13 atom stereocenters. The molecule has 0 aromatic rings. The lowest BCUT2D eigenvalue weighted by Crippen LogP contribution is -2.64. The molecule has 0 spiro atoms. The Balaban J connectivity index is 3.12. The maximum absolute atomic E-state index is 15.4. The third-order valence-electron chi connectivity index (χ3n) is 19.2. The second-order valence-corrected chi connectivity index (χ2v) is 30.4. The largest absolute Gasteiger partial charge is 0.390 e. The summed E-state index contributed by atoms with van der Waals surface area (Å²) in [4.78, 5) is 175. The first-order chi connectivity index (χ1) is 45.5. The smallest absolute Gasteiger partial charge is 0.248 e. The summed E-state index contributed by atoms with van der Waals surface area (Å²) in [5.41, 5.74) is -1.61. The number of hydrogen-bond donors (Lipinski definition) is 6. The van der Waals surface area contributed by atoms with Crippen molar-refractivity contribution in [3.05, 3.63) is 12.2 Å². The number of carbonyl (C=O) groups excluding carboxylic acids is 11. The molecule has 562 valence electrons. The zero-order valence-corrected chi connectivity index (χ0v) is 64.2. The number of hydrogen-bond acceptors (Lipinski definition) is 15. The Bertz CT molecular complexity index is 2660. The molecule has 0 aliphatic carbocycles. The van der Waals surface area contributed by atoms with Crippen LogP contribution in [-0.2, 0) is 57.5 Å². The fourth-order valence-electron chi connectivity index (χ4n) is 12.8. The Morgan fingerprint density at radius 1 is 0.531 bits per heavy atom. The molecule has 2 rings (SSSR count). The highest BCUT2D eigenvalue weighted by atomic mass is 16.5. The molecular weight excluding hydrogens is 1260 g/mol. The van der Waals surface area contributed by atoms with Crippen molar-refractivity contribution in [3.8, 4) is 0 Å². The molecule has 98 heavy (non-hydrogen) atoms. The van der Waals surface area contributed by atoms with Gasteiger partial charge in [-0.1, -0.05) is 102 Å². The molecule has 6 N–H and O–H groups in total. The normalized spacial score (nSPS) is 26.9. The number of nitrogens with zero attached hydrogens (tertiary/aromatic N) is 8. The van der Waals surface area contributed by atoms with Gasteiger partial charge in [-0.15, -0.1) is 0 Å². The van der Waals surface area contributed by atoms with E-state index in [0.717, 1.165) is 53.6 Å². The van der Waals surface area contributed by atoms with Crippen molar-refractivity contribution in [2.75, 3.05) is 82.2 Å². The number of aliphatic hydroxyl groups is 2. The van der Waals surface area contributed by atoms with Gasteiger partial charge in [-0.2, -0.15) is 0 Å². The molecule has 0 unspecified atom stereocenters. The molecule has 2 saturated heterocycles. The molecule has 26 heteroatoms. The minimum atomic E-state index is -1.68. The van der Waals surface area contributed by atoms with Crippen LogP contribution >= 0.6 is 0 Å². The second kappa shape index (κ2) is 40.9. The third-order valence-corrected chi connectivity index (χ3v) is 19.2. The van der Waals surface area contributed by atoms with Gasteiger partial charge in [-0.25, -0.2) is 0 Å². The molecule has 0 bridgehead atoms. The quantitative estimate of drug-likeness (QED) is 0.0659. The number of amides is 11. The number of piperidine rings is 1. The first-order valence-electron chi connectivity index (χ1n) is 35.9. The molecule has 0 aromatic carbocycles. The topological polar surface area (TPSA) is 312 Å². The molecule has 0 aromatic heterocycles. The van der Waals surface area contributed by atoms with Crippen LogP contribution in [0.1, 0.15) is 188 Å². The van der Waals surface area contributed by atoms with Gasteiger partial charge >= 0.3 is 0 Å². The van der Waals surface area contributed by atoms with Crippen molar-refractivity contribution in [2.45, 2.75) is 266 Å².